The first kappa shape index (κ1) is 22.1. The molecule has 0 aliphatic rings. The molecule has 1 aromatic heterocycles. The summed E-state index contributed by atoms with van der Waals surface area (Å²) in [5, 5.41) is 0.628. The number of fused-ring (bicyclic) bond motifs is 1. The van der Waals surface area contributed by atoms with Crippen LogP contribution in [-0.2, 0) is 11.3 Å². The number of thiazole rings is 1. The summed E-state index contributed by atoms with van der Waals surface area (Å²) < 4.78 is 24.4. The van der Waals surface area contributed by atoms with Crippen molar-refractivity contribution in [1.82, 2.24) is 4.57 Å². The molecule has 0 saturated carbocycles. The summed E-state index contributed by atoms with van der Waals surface area (Å²) in [6, 6.07) is 8.77. The van der Waals surface area contributed by atoms with Crippen LogP contribution in [0.4, 0.5) is 0 Å². The van der Waals surface area contributed by atoms with Gasteiger partial charge in [0.05, 0.1) is 38.2 Å². The second kappa shape index (κ2) is 9.97. The number of rotatable bonds is 8. The minimum absolute atomic E-state index is 0.330. The molecule has 0 aliphatic heterocycles. The fraction of sp³-hybridized carbons (Fsp3) is 0.333. The van der Waals surface area contributed by atoms with E-state index in [1.54, 1.807) is 12.1 Å². The second-order valence-corrected chi connectivity index (χ2v) is 7.62. The van der Waals surface area contributed by atoms with Crippen LogP contribution in [-0.4, -0.2) is 45.0 Å². The molecule has 160 valence electrons. The van der Waals surface area contributed by atoms with E-state index in [1.165, 1.54) is 32.7 Å². The fourth-order valence-corrected chi connectivity index (χ4v) is 4.34. The Balaban J connectivity index is 2.09. The number of methoxy groups -OCH3 is 3. The first-order valence-electron chi connectivity index (χ1n) is 9.28. The molecule has 7 nitrogen and oxygen atoms in total. The van der Waals surface area contributed by atoms with Crippen molar-refractivity contribution in [2.45, 2.75) is 13.5 Å². The van der Waals surface area contributed by atoms with Gasteiger partial charge in [0.1, 0.15) is 0 Å². The number of hydrogen-bond acceptors (Lipinski definition) is 6. The Morgan fingerprint density at radius 3 is 2.40 bits per heavy atom. The number of carbonyl (C=O) groups is 1. The number of hydrogen-bond donors (Lipinski definition) is 0. The summed E-state index contributed by atoms with van der Waals surface area (Å²) in [5.74, 6) is 0.780. The minimum Gasteiger partial charge on any atom is -0.493 e. The smallest absolute Gasteiger partial charge is 0.279 e. The Hall–Kier alpha value is -2.55. The van der Waals surface area contributed by atoms with E-state index in [2.05, 4.69) is 4.99 Å². The summed E-state index contributed by atoms with van der Waals surface area (Å²) in [6.07, 6.45) is 0. The van der Waals surface area contributed by atoms with E-state index in [1.807, 2.05) is 29.7 Å². The molecule has 0 atom stereocenters. The number of benzene rings is 2. The summed E-state index contributed by atoms with van der Waals surface area (Å²) in [6.45, 7) is 3.63. The van der Waals surface area contributed by atoms with Crippen molar-refractivity contribution in [3.63, 3.8) is 0 Å². The third kappa shape index (κ3) is 4.61. The van der Waals surface area contributed by atoms with Crippen LogP contribution < -0.4 is 19.0 Å². The molecule has 0 saturated heterocycles. The van der Waals surface area contributed by atoms with Crippen molar-refractivity contribution in [3.05, 3.63) is 45.7 Å². The Labute approximate surface area is 183 Å². The van der Waals surface area contributed by atoms with Gasteiger partial charge in [0, 0.05) is 23.7 Å². The zero-order valence-corrected chi connectivity index (χ0v) is 18.8. The van der Waals surface area contributed by atoms with Gasteiger partial charge in [-0.05, 0) is 37.3 Å². The van der Waals surface area contributed by atoms with Gasteiger partial charge in [-0.2, -0.15) is 4.99 Å². The number of halogens is 1. The van der Waals surface area contributed by atoms with Gasteiger partial charge in [0.15, 0.2) is 16.3 Å². The Bertz CT molecular complexity index is 1100. The van der Waals surface area contributed by atoms with Crippen LogP contribution in [0.1, 0.15) is 17.3 Å². The summed E-state index contributed by atoms with van der Waals surface area (Å²) in [4.78, 5) is 17.9. The summed E-state index contributed by atoms with van der Waals surface area (Å²) in [5.41, 5.74) is 1.27. The number of amides is 1. The molecule has 1 amide bonds. The first-order chi connectivity index (χ1) is 14.5. The van der Waals surface area contributed by atoms with Gasteiger partial charge in [-0.15, -0.1) is 0 Å². The third-order valence-corrected chi connectivity index (χ3v) is 5.69. The lowest BCUT2D eigenvalue weighted by Crippen LogP contribution is -2.19. The predicted octanol–water partition coefficient (Wildman–Crippen LogP) is 4.16. The van der Waals surface area contributed by atoms with Gasteiger partial charge in [-0.3, -0.25) is 4.79 Å². The topological polar surface area (TPSA) is 71.3 Å². The molecule has 0 aliphatic carbocycles. The maximum Gasteiger partial charge on any atom is 0.279 e. The lowest BCUT2D eigenvalue weighted by molar-refractivity contribution is 0.0996. The summed E-state index contributed by atoms with van der Waals surface area (Å²) >= 11 is 7.53. The number of nitrogens with zero attached hydrogens (tertiary/aromatic N) is 2. The average Bonchev–Trinajstić information content (AvgIpc) is 3.08. The van der Waals surface area contributed by atoms with Crippen LogP contribution in [0, 0.1) is 0 Å². The van der Waals surface area contributed by atoms with E-state index in [4.69, 9.17) is 30.5 Å². The lowest BCUT2D eigenvalue weighted by atomic mass is 10.1. The highest BCUT2D eigenvalue weighted by atomic mass is 35.5. The molecule has 3 rings (SSSR count). The second-order valence-electron chi connectivity index (χ2n) is 6.18. The Morgan fingerprint density at radius 1 is 1.10 bits per heavy atom. The highest BCUT2D eigenvalue weighted by molar-refractivity contribution is 7.16. The Morgan fingerprint density at radius 2 is 1.80 bits per heavy atom. The quantitative estimate of drug-likeness (QED) is 0.482. The molecule has 0 spiro atoms. The van der Waals surface area contributed by atoms with Gasteiger partial charge < -0.3 is 23.5 Å². The predicted molar refractivity (Wildman–Crippen MR) is 117 cm³/mol. The van der Waals surface area contributed by atoms with E-state index >= 15 is 0 Å². The molecule has 3 aromatic rings. The van der Waals surface area contributed by atoms with Crippen molar-refractivity contribution in [1.29, 1.82) is 0 Å². The maximum atomic E-state index is 13.0. The van der Waals surface area contributed by atoms with Crippen molar-refractivity contribution < 1.29 is 23.7 Å². The molecule has 0 bridgehead atoms. The molecule has 0 N–H and O–H groups in total. The monoisotopic (exact) mass is 450 g/mol. The molecule has 1 heterocycles. The molecular weight excluding hydrogens is 428 g/mol. The van der Waals surface area contributed by atoms with E-state index in [0.717, 1.165) is 10.2 Å². The zero-order chi connectivity index (χ0) is 21.7. The molecule has 30 heavy (non-hydrogen) atoms. The molecule has 0 fully saturated rings. The molecular formula is C21H23ClN2O5S. The van der Waals surface area contributed by atoms with Crippen LogP contribution in [0.15, 0.2) is 35.3 Å². The van der Waals surface area contributed by atoms with Crippen LogP contribution in [0.2, 0.25) is 5.02 Å². The third-order valence-electron chi connectivity index (χ3n) is 4.42. The zero-order valence-electron chi connectivity index (χ0n) is 17.2. The van der Waals surface area contributed by atoms with Gasteiger partial charge in [-0.25, -0.2) is 0 Å². The molecule has 0 unspecified atom stereocenters. The fourth-order valence-electron chi connectivity index (χ4n) is 3.00. The SMILES string of the molecule is CCOCCn1c(=NC(=O)c2cc(OC)c(OC)c(OC)c2)sc2cc(Cl)ccc21. The molecule has 2 aromatic carbocycles. The standard InChI is InChI=1S/C21H23ClN2O5S/c1-5-29-9-8-24-15-7-6-14(22)12-18(15)30-21(24)23-20(25)13-10-16(26-2)19(28-4)17(11-13)27-3/h6-7,10-12H,5,8-9H2,1-4H3. The van der Waals surface area contributed by atoms with Crippen LogP contribution in [0.5, 0.6) is 17.2 Å². The largest absolute Gasteiger partial charge is 0.493 e. The van der Waals surface area contributed by atoms with Gasteiger partial charge in [-0.1, -0.05) is 22.9 Å². The lowest BCUT2D eigenvalue weighted by Gasteiger charge is -2.12. The van der Waals surface area contributed by atoms with Crippen molar-refractivity contribution in [3.8, 4) is 17.2 Å². The number of ether oxygens (including phenoxy) is 4. The van der Waals surface area contributed by atoms with Crippen LogP contribution in [0.3, 0.4) is 0 Å². The van der Waals surface area contributed by atoms with E-state index < -0.39 is 5.91 Å². The van der Waals surface area contributed by atoms with Crippen molar-refractivity contribution in [2.24, 2.45) is 4.99 Å². The van der Waals surface area contributed by atoms with E-state index in [-0.39, 0.29) is 0 Å². The van der Waals surface area contributed by atoms with Gasteiger partial charge >= 0.3 is 0 Å². The first-order valence-corrected chi connectivity index (χ1v) is 10.5. The van der Waals surface area contributed by atoms with Crippen LogP contribution >= 0.6 is 22.9 Å². The highest BCUT2D eigenvalue weighted by Crippen LogP contribution is 2.38. The highest BCUT2D eigenvalue weighted by Gasteiger charge is 2.17. The average molecular weight is 451 g/mol. The van der Waals surface area contributed by atoms with Crippen LogP contribution in [0.25, 0.3) is 10.2 Å². The van der Waals surface area contributed by atoms with Crippen molar-refractivity contribution in [2.75, 3.05) is 34.5 Å². The van der Waals surface area contributed by atoms with Crippen molar-refractivity contribution >= 4 is 39.1 Å². The molecule has 9 heteroatoms. The number of aromatic nitrogens is 1. The van der Waals surface area contributed by atoms with Gasteiger partial charge in [0.25, 0.3) is 5.91 Å². The maximum absolute atomic E-state index is 13.0. The number of carbonyl (C=O) groups excluding carboxylic acids is 1. The van der Waals surface area contributed by atoms with E-state index in [0.29, 0.717) is 52.4 Å². The Kier molecular flexibility index (Phi) is 7.36. The summed E-state index contributed by atoms with van der Waals surface area (Å²) in [7, 11) is 4.51. The molecule has 0 radical (unpaired) electrons. The van der Waals surface area contributed by atoms with E-state index in [9.17, 15) is 4.79 Å². The van der Waals surface area contributed by atoms with Gasteiger partial charge in [0.2, 0.25) is 5.75 Å². The normalized spacial score (nSPS) is 11.7. The minimum atomic E-state index is -0.419.